The molecule has 2 rings (SSSR count). The van der Waals surface area contributed by atoms with Crippen LogP contribution in [0.5, 0.6) is 5.75 Å². The van der Waals surface area contributed by atoms with Crippen molar-refractivity contribution < 1.29 is 62.6 Å². The lowest BCUT2D eigenvalue weighted by Gasteiger charge is -2.32. The van der Waals surface area contributed by atoms with Crippen LogP contribution in [0, 0.1) is 11.8 Å². The third kappa shape index (κ3) is 21.7. The molecule has 2 unspecified atom stereocenters. The Labute approximate surface area is 441 Å². The number of likely N-dealkylation sites (tertiary alicyclic amines) is 1. The van der Waals surface area contributed by atoms with Gasteiger partial charge < -0.3 is 59.1 Å². The molecule has 25 nitrogen and oxygen atoms in total. The molecule has 0 aromatic heterocycles. The minimum absolute atomic E-state index is 0.00673. The van der Waals surface area contributed by atoms with Gasteiger partial charge in [0.2, 0.25) is 64.7 Å². The summed E-state index contributed by atoms with van der Waals surface area (Å²) in [6.07, 6.45) is -0.693. The third-order valence-electron chi connectivity index (χ3n) is 12.0. The van der Waals surface area contributed by atoms with E-state index in [4.69, 9.17) is 17.2 Å². The molecule has 1 aromatic carbocycles. The van der Waals surface area contributed by atoms with Crippen molar-refractivity contribution in [1.82, 2.24) is 47.7 Å². The number of hydrazine groups is 1. The summed E-state index contributed by atoms with van der Waals surface area (Å²) in [5.74, 6) is -10.6. The Balaban J connectivity index is 2.41. The summed E-state index contributed by atoms with van der Waals surface area (Å²) in [5, 5.41) is 25.2. The summed E-state index contributed by atoms with van der Waals surface area (Å²) in [7, 11) is 0. The van der Waals surface area contributed by atoms with E-state index in [1.54, 1.807) is 26.0 Å². The molecule has 27 heteroatoms. The number of rotatable bonds is 35. The Bertz CT molecular complexity index is 2170. The zero-order valence-electron chi connectivity index (χ0n) is 42.4. The molecule has 1 heterocycles. The molecule has 1 aliphatic rings. The van der Waals surface area contributed by atoms with Gasteiger partial charge in [0.1, 0.15) is 42.0 Å². The maximum atomic E-state index is 14.6. The van der Waals surface area contributed by atoms with Gasteiger partial charge in [-0.25, -0.2) is 10.9 Å². The van der Waals surface area contributed by atoms with E-state index < -0.39 is 151 Å². The Morgan fingerprint density at radius 3 is 1.89 bits per heavy atom. The molecular formula is C47H74N12O13S2. The quantitative estimate of drug-likeness (QED) is 0.0178. The molecule has 0 radical (unpaired) electrons. The lowest BCUT2D eigenvalue weighted by atomic mass is 9.97. The molecule has 1 saturated heterocycles. The van der Waals surface area contributed by atoms with E-state index >= 15 is 0 Å². The number of Topliss-reactive ketones (excluding diaryl/α,β-unsaturated/α-hetero) is 3. The minimum atomic E-state index is -1.85. The minimum Gasteiger partial charge on any atom is -0.508 e. The SMILES string of the molecule is CC[C@H](C)[C@H](NNC(Cc1ccc(O)cc1)C(=O)N1CCC[C@H]1C(=O)N[C@@H](CC(C)C)C(=O)NCC(N)=O)C(=O)N[C@@H](CCC(N)=O)C(=O)NC(CC(N)=O)C(=O)C(=O)[C@H](CS)NCCC(=O)[C@H](CS)NC(C)=O. The van der Waals surface area contributed by atoms with E-state index in [0.717, 1.165) is 0 Å². The molecule has 0 bridgehead atoms. The number of hydrogen-bond donors (Lipinski definition) is 14. The van der Waals surface area contributed by atoms with Crippen molar-refractivity contribution >= 4 is 95.8 Å². The van der Waals surface area contributed by atoms with E-state index in [1.165, 1.54) is 24.0 Å². The van der Waals surface area contributed by atoms with E-state index in [-0.39, 0.29) is 61.9 Å². The lowest BCUT2D eigenvalue weighted by Crippen LogP contribution is -2.62. The number of phenolic OH excluding ortho intramolecular Hbond substituents is 1. The normalized spacial score (nSPS) is 16.5. The Hall–Kier alpha value is -6.16. The maximum absolute atomic E-state index is 14.6. The van der Waals surface area contributed by atoms with Crippen LogP contribution in [-0.2, 0) is 64.0 Å². The van der Waals surface area contributed by atoms with Gasteiger partial charge in [0.25, 0.3) is 0 Å². The smallest absolute Gasteiger partial charge is 0.243 e. The molecule has 9 atom stereocenters. The molecule has 74 heavy (non-hydrogen) atoms. The molecule has 1 aliphatic heterocycles. The van der Waals surface area contributed by atoms with Gasteiger partial charge in [-0.05, 0) is 61.6 Å². The molecule has 1 fully saturated rings. The van der Waals surface area contributed by atoms with Crippen molar-refractivity contribution in [3.05, 3.63) is 29.8 Å². The van der Waals surface area contributed by atoms with Gasteiger partial charge in [0, 0.05) is 44.4 Å². The fraction of sp³-hybridized carbons (Fsp3) is 0.617. The highest BCUT2D eigenvalue weighted by atomic mass is 32.1. The molecule has 0 aliphatic carbocycles. The zero-order valence-corrected chi connectivity index (χ0v) is 44.2. The first kappa shape index (κ1) is 64.0. The number of nitrogens with zero attached hydrogens (tertiary/aromatic N) is 1. The Kier molecular flexibility index (Phi) is 27.8. The largest absolute Gasteiger partial charge is 0.508 e. The van der Waals surface area contributed by atoms with Gasteiger partial charge in [-0.15, -0.1) is 0 Å². The van der Waals surface area contributed by atoms with Crippen LogP contribution in [-0.4, -0.2) is 160 Å². The summed E-state index contributed by atoms with van der Waals surface area (Å²) in [6.45, 7) is 7.93. The molecule has 15 N–H and O–H groups in total. The first-order chi connectivity index (χ1) is 34.8. The highest BCUT2D eigenvalue weighted by Crippen LogP contribution is 2.22. The van der Waals surface area contributed by atoms with Gasteiger partial charge in [-0.1, -0.05) is 46.2 Å². The second-order valence-electron chi connectivity index (χ2n) is 18.5. The molecule has 0 saturated carbocycles. The van der Waals surface area contributed by atoms with Crippen LogP contribution in [0.15, 0.2) is 24.3 Å². The first-order valence-electron chi connectivity index (χ1n) is 24.3. The van der Waals surface area contributed by atoms with Crippen LogP contribution < -0.4 is 60.0 Å². The second-order valence-corrected chi connectivity index (χ2v) is 19.2. The van der Waals surface area contributed by atoms with Crippen molar-refractivity contribution in [2.24, 2.45) is 29.0 Å². The predicted octanol–water partition coefficient (Wildman–Crippen LogP) is -3.53. The average molecular weight is 1080 g/mol. The molecule has 1 aromatic rings. The second kappa shape index (κ2) is 32.2. The molecule has 0 spiro atoms. The molecule has 9 amide bonds. The highest BCUT2D eigenvalue weighted by Gasteiger charge is 2.40. The van der Waals surface area contributed by atoms with E-state index in [0.29, 0.717) is 18.4 Å². The number of phenols is 1. The van der Waals surface area contributed by atoms with E-state index in [1.807, 2.05) is 13.8 Å². The fourth-order valence-corrected chi connectivity index (χ4v) is 8.42. The average Bonchev–Trinajstić information content (AvgIpc) is 3.84. The first-order valence-corrected chi connectivity index (χ1v) is 25.6. The Morgan fingerprint density at radius 1 is 0.716 bits per heavy atom. The van der Waals surface area contributed by atoms with Crippen LogP contribution in [0.2, 0.25) is 0 Å². The van der Waals surface area contributed by atoms with Gasteiger partial charge >= 0.3 is 0 Å². The number of primary amides is 3. The van der Waals surface area contributed by atoms with Gasteiger partial charge in [-0.3, -0.25) is 57.5 Å². The Morgan fingerprint density at radius 2 is 1.34 bits per heavy atom. The van der Waals surface area contributed by atoms with Crippen molar-refractivity contribution in [1.29, 1.82) is 0 Å². The predicted molar refractivity (Wildman–Crippen MR) is 276 cm³/mol. The van der Waals surface area contributed by atoms with Crippen LogP contribution in [0.4, 0.5) is 0 Å². The number of thiol groups is 2. The number of hydrogen-bond acceptors (Lipinski definition) is 18. The van der Waals surface area contributed by atoms with Crippen LogP contribution in [0.1, 0.15) is 91.5 Å². The van der Waals surface area contributed by atoms with Crippen LogP contribution in [0.25, 0.3) is 0 Å². The lowest BCUT2D eigenvalue weighted by molar-refractivity contribution is -0.141. The summed E-state index contributed by atoms with van der Waals surface area (Å²) >= 11 is 8.22. The third-order valence-corrected chi connectivity index (χ3v) is 12.7. The number of nitrogens with one attached hydrogen (secondary N) is 8. The summed E-state index contributed by atoms with van der Waals surface area (Å²) in [4.78, 5) is 158. The van der Waals surface area contributed by atoms with Crippen molar-refractivity contribution in [3.8, 4) is 5.75 Å². The zero-order chi connectivity index (χ0) is 55.8. The number of amides is 9. The van der Waals surface area contributed by atoms with Gasteiger partial charge in [0.15, 0.2) is 5.78 Å². The monoisotopic (exact) mass is 1080 g/mol. The van der Waals surface area contributed by atoms with Gasteiger partial charge in [-0.2, -0.15) is 25.3 Å². The van der Waals surface area contributed by atoms with E-state index in [9.17, 15) is 62.6 Å². The number of ketones is 3. The van der Waals surface area contributed by atoms with Crippen LogP contribution in [0.3, 0.4) is 0 Å². The van der Waals surface area contributed by atoms with Gasteiger partial charge in [0.05, 0.1) is 25.0 Å². The standard InChI is InChI=1S/C47H74N12O13S2/c1-6-25(4)40(58-57-32(19-27-9-11-28(61)12-10-27)47(72)59-17-7-8-35(59)45(70)56-31(18-24(2)3)43(68)52-21-39(50)65)46(71)54-29(13-14-37(48)63)44(69)55-30(20-38(49)64)41(66)42(67)34(23-74)51-16-15-36(62)33(22-73)53-26(5)60/h9-12,24-25,29-35,40,51,57-58,61,73-74H,6-8,13-23H2,1-5H3,(H2,48,63)(H2,49,64)(H2,50,65)(H,52,68)(H,53,60)(H,54,71)(H,55,69)(H,56,70)/t25-,29-,30?,31-,32?,33-,34-,35-,40-/m0/s1. The number of carbonyl (C=O) groups is 12. The summed E-state index contributed by atoms with van der Waals surface area (Å²) < 4.78 is 0. The maximum Gasteiger partial charge on any atom is 0.243 e. The number of carbonyl (C=O) groups excluding carboxylic acids is 12. The number of aromatic hydroxyl groups is 1. The molecule has 412 valence electrons. The highest BCUT2D eigenvalue weighted by molar-refractivity contribution is 7.80. The van der Waals surface area contributed by atoms with Crippen molar-refractivity contribution in [2.75, 3.05) is 31.1 Å². The fourth-order valence-electron chi connectivity index (χ4n) is 7.83. The summed E-state index contributed by atoms with van der Waals surface area (Å²) in [6, 6.07) is -4.18. The summed E-state index contributed by atoms with van der Waals surface area (Å²) in [5.41, 5.74) is 22.5. The van der Waals surface area contributed by atoms with Crippen molar-refractivity contribution in [3.63, 3.8) is 0 Å². The number of nitrogens with two attached hydrogens (primary N) is 3. The topological polar surface area (TPSA) is 403 Å². The van der Waals surface area contributed by atoms with E-state index in [2.05, 4.69) is 68.0 Å². The van der Waals surface area contributed by atoms with Crippen molar-refractivity contribution in [2.45, 2.75) is 141 Å². The van der Waals surface area contributed by atoms with Crippen LogP contribution >= 0.6 is 25.3 Å². The number of benzene rings is 1. The molecular weight excluding hydrogens is 1000 g/mol.